The summed E-state index contributed by atoms with van der Waals surface area (Å²) in [4.78, 5) is 13.8. The molecule has 2 aromatic heterocycles. The summed E-state index contributed by atoms with van der Waals surface area (Å²) < 4.78 is 42.2. The van der Waals surface area contributed by atoms with Crippen LogP contribution in [0.4, 0.5) is 0 Å². The summed E-state index contributed by atoms with van der Waals surface area (Å²) in [6.45, 7) is 6.59. The molecule has 3 heterocycles. The maximum atomic E-state index is 12.7. The van der Waals surface area contributed by atoms with Crippen molar-refractivity contribution >= 4 is 27.3 Å². The standard InChI is InChI=1S/C16H22N4O6S2/c1-3-24-15(21)12-5-6-14(26-12)28(22,23)20-9-7-19(8-10-20)11-13-17-18-16(27-13)25-4-2/h5-6H,3-4,7-11H2,1-2H3. The van der Waals surface area contributed by atoms with E-state index in [1.54, 1.807) is 6.92 Å². The van der Waals surface area contributed by atoms with Crippen LogP contribution in [0.1, 0.15) is 29.4 Å². The molecule has 0 aromatic carbocycles. The third kappa shape index (κ3) is 4.69. The molecule has 0 N–H and O–H groups in total. The van der Waals surface area contributed by atoms with Crippen molar-refractivity contribution in [3.8, 4) is 5.19 Å². The molecular weight excluding hydrogens is 408 g/mol. The molecule has 0 amide bonds. The number of nitrogens with zero attached hydrogens (tertiary/aromatic N) is 4. The number of carbonyl (C=O) groups is 1. The lowest BCUT2D eigenvalue weighted by molar-refractivity contribution is 0.0483. The zero-order valence-electron chi connectivity index (χ0n) is 15.7. The number of sulfonamides is 1. The molecule has 3 rings (SSSR count). The maximum Gasteiger partial charge on any atom is 0.374 e. The van der Waals surface area contributed by atoms with Gasteiger partial charge in [-0.1, -0.05) is 11.3 Å². The van der Waals surface area contributed by atoms with Crippen LogP contribution >= 0.6 is 11.3 Å². The Morgan fingerprint density at radius 3 is 2.61 bits per heavy atom. The molecule has 1 aliphatic heterocycles. The van der Waals surface area contributed by atoms with Gasteiger partial charge in [0.25, 0.3) is 15.2 Å². The van der Waals surface area contributed by atoms with Gasteiger partial charge in [-0.15, -0.1) is 10.2 Å². The predicted octanol–water partition coefficient (Wildman–Crippen LogP) is 1.21. The van der Waals surface area contributed by atoms with Gasteiger partial charge < -0.3 is 13.9 Å². The first-order valence-corrected chi connectivity index (χ1v) is 11.1. The van der Waals surface area contributed by atoms with Gasteiger partial charge in [-0.2, -0.15) is 4.31 Å². The molecule has 28 heavy (non-hydrogen) atoms. The molecule has 1 fully saturated rings. The highest BCUT2D eigenvalue weighted by atomic mass is 32.2. The summed E-state index contributed by atoms with van der Waals surface area (Å²) >= 11 is 1.39. The van der Waals surface area contributed by atoms with Crippen molar-refractivity contribution in [2.75, 3.05) is 39.4 Å². The second-order valence-corrected chi connectivity index (χ2v) is 8.81. The predicted molar refractivity (Wildman–Crippen MR) is 99.8 cm³/mol. The third-order valence-electron chi connectivity index (χ3n) is 4.06. The normalized spacial score (nSPS) is 16.2. The van der Waals surface area contributed by atoms with Gasteiger partial charge in [0.05, 0.1) is 19.8 Å². The molecule has 12 heteroatoms. The Morgan fingerprint density at radius 2 is 1.93 bits per heavy atom. The number of rotatable bonds is 8. The highest BCUT2D eigenvalue weighted by molar-refractivity contribution is 7.89. The molecule has 2 aromatic rings. The zero-order valence-corrected chi connectivity index (χ0v) is 17.3. The SMILES string of the molecule is CCOC(=O)c1ccc(S(=O)(=O)N2CCN(Cc3nnc(OCC)s3)CC2)o1. The molecule has 0 atom stereocenters. The van der Waals surface area contributed by atoms with Crippen LogP contribution in [0.5, 0.6) is 5.19 Å². The summed E-state index contributed by atoms with van der Waals surface area (Å²) in [5.41, 5.74) is 0. The summed E-state index contributed by atoms with van der Waals surface area (Å²) in [7, 11) is -3.80. The summed E-state index contributed by atoms with van der Waals surface area (Å²) in [6, 6.07) is 2.59. The first-order chi connectivity index (χ1) is 13.4. The summed E-state index contributed by atoms with van der Waals surface area (Å²) in [5, 5.41) is 9.15. The Labute approximate surface area is 167 Å². The lowest BCUT2D eigenvalue weighted by atomic mass is 10.3. The molecule has 10 nitrogen and oxygen atoms in total. The Morgan fingerprint density at radius 1 is 1.18 bits per heavy atom. The molecule has 154 valence electrons. The van der Waals surface area contributed by atoms with Crippen LogP contribution < -0.4 is 4.74 Å². The van der Waals surface area contributed by atoms with E-state index in [2.05, 4.69) is 15.1 Å². The van der Waals surface area contributed by atoms with Gasteiger partial charge in [-0.25, -0.2) is 13.2 Å². The number of carbonyl (C=O) groups excluding carboxylic acids is 1. The van der Waals surface area contributed by atoms with Crippen LogP contribution in [0.15, 0.2) is 21.6 Å². The van der Waals surface area contributed by atoms with Crippen molar-refractivity contribution in [1.82, 2.24) is 19.4 Å². The van der Waals surface area contributed by atoms with E-state index in [9.17, 15) is 13.2 Å². The maximum absolute atomic E-state index is 12.7. The highest BCUT2D eigenvalue weighted by Crippen LogP contribution is 2.23. The average Bonchev–Trinajstić information content (AvgIpc) is 3.33. The minimum atomic E-state index is -3.80. The Hall–Kier alpha value is -2.02. The lowest BCUT2D eigenvalue weighted by Gasteiger charge is -2.32. The van der Waals surface area contributed by atoms with Gasteiger partial charge in [-0.05, 0) is 26.0 Å². The first kappa shape index (κ1) is 20.7. The van der Waals surface area contributed by atoms with Gasteiger partial charge in [0, 0.05) is 26.2 Å². The quantitative estimate of drug-likeness (QED) is 0.570. The number of ether oxygens (including phenoxy) is 2. The second kappa shape index (κ2) is 8.99. The molecule has 0 aliphatic carbocycles. The molecule has 0 spiro atoms. The van der Waals surface area contributed by atoms with E-state index >= 15 is 0 Å². The zero-order chi connectivity index (χ0) is 20.1. The number of hydrogen-bond donors (Lipinski definition) is 0. The third-order valence-corrected chi connectivity index (χ3v) is 6.65. The molecular formula is C16H22N4O6S2. The topological polar surface area (TPSA) is 115 Å². The molecule has 0 radical (unpaired) electrons. The van der Waals surface area contributed by atoms with E-state index in [-0.39, 0.29) is 17.5 Å². The van der Waals surface area contributed by atoms with E-state index < -0.39 is 16.0 Å². The van der Waals surface area contributed by atoms with E-state index in [1.807, 2.05) is 6.92 Å². The van der Waals surface area contributed by atoms with Gasteiger partial charge in [-0.3, -0.25) is 4.90 Å². The fourth-order valence-electron chi connectivity index (χ4n) is 2.70. The Bertz CT molecular complexity index is 902. The van der Waals surface area contributed by atoms with Crippen molar-refractivity contribution in [3.05, 3.63) is 22.9 Å². The van der Waals surface area contributed by atoms with Gasteiger partial charge in [0.15, 0.2) is 0 Å². The van der Waals surface area contributed by atoms with E-state index in [0.717, 1.165) is 5.01 Å². The van der Waals surface area contributed by atoms with E-state index in [1.165, 1.54) is 27.8 Å². The van der Waals surface area contributed by atoms with Crippen LogP contribution in [0.25, 0.3) is 0 Å². The largest absolute Gasteiger partial charge is 0.469 e. The molecule has 0 saturated carbocycles. The van der Waals surface area contributed by atoms with E-state index in [4.69, 9.17) is 13.9 Å². The van der Waals surface area contributed by atoms with Crippen LogP contribution in [-0.4, -0.2) is 73.2 Å². The van der Waals surface area contributed by atoms with Crippen LogP contribution in [0.3, 0.4) is 0 Å². The lowest BCUT2D eigenvalue weighted by Crippen LogP contribution is -2.48. The van der Waals surface area contributed by atoms with Gasteiger partial charge >= 0.3 is 5.97 Å². The van der Waals surface area contributed by atoms with Crippen LogP contribution in [0, 0.1) is 0 Å². The molecule has 1 saturated heterocycles. The average molecular weight is 431 g/mol. The Balaban J connectivity index is 1.58. The number of hydrogen-bond acceptors (Lipinski definition) is 10. The molecule has 0 unspecified atom stereocenters. The summed E-state index contributed by atoms with van der Waals surface area (Å²) in [5.74, 6) is -0.808. The molecule has 1 aliphatic rings. The van der Waals surface area contributed by atoms with Gasteiger partial charge in [0.2, 0.25) is 10.9 Å². The van der Waals surface area contributed by atoms with Crippen molar-refractivity contribution in [2.45, 2.75) is 25.5 Å². The smallest absolute Gasteiger partial charge is 0.374 e. The van der Waals surface area contributed by atoms with Gasteiger partial charge in [0.1, 0.15) is 5.01 Å². The van der Waals surface area contributed by atoms with Crippen LogP contribution in [0.2, 0.25) is 0 Å². The molecule has 0 bridgehead atoms. The minimum Gasteiger partial charge on any atom is -0.469 e. The van der Waals surface area contributed by atoms with E-state index in [0.29, 0.717) is 44.5 Å². The number of aromatic nitrogens is 2. The van der Waals surface area contributed by atoms with Crippen molar-refractivity contribution < 1.29 is 27.1 Å². The van der Waals surface area contributed by atoms with Crippen molar-refractivity contribution in [1.29, 1.82) is 0 Å². The van der Waals surface area contributed by atoms with Crippen LogP contribution in [-0.2, 0) is 21.3 Å². The van der Waals surface area contributed by atoms with Crippen molar-refractivity contribution in [2.24, 2.45) is 0 Å². The number of piperazine rings is 1. The number of esters is 1. The highest BCUT2D eigenvalue weighted by Gasteiger charge is 2.32. The van der Waals surface area contributed by atoms with Crippen molar-refractivity contribution in [3.63, 3.8) is 0 Å². The first-order valence-electron chi connectivity index (χ1n) is 8.88. The Kier molecular flexibility index (Phi) is 6.65. The number of furan rings is 1. The fourth-order valence-corrected chi connectivity index (χ4v) is 4.82. The fraction of sp³-hybridized carbons (Fsp3) is 0.562. The minimum absolute atomic E-state index is 0.125. The second-order valence-electron chi connectivity index (χ2n) is 5.91. The summed E-state index contributed by atoms with van der Waals surface area (Å²) in [6.07, 6.45) is 0. The monoisotopic (exact) mass is 430 g/mol.